The summed E-state index contributed by atoms with van der Waals surface area (Å²) in [4.78, 5) is 32.7. The van der Waals surface area contributed by atoms with Gasteiger partial charge < -0.3 is 9.80 Å². The minimum absolute atomic E-state index is 0.107. The fourth-order valence-corrected chi connectivity index (χ4v) is 6.18. The van der Waals surface area contributed by atoms with Gasteiger partial charge in [0.1, 0.15) is 5.82 Å². The summed E-state index contributed by atoms with van der Waals surface area (Å²) in [5.41, 5.74) is 3.32. The number of Topliss-reactive ketones (excluding diaryl/α,β-unsaturated/α-hetero) is 1. The highest BCUT2D eigenvalue weighted by Crippen LogP contribution is 2.40. The number of likely N-dealkylation sites (tertiary alicyclic amines) is 1. The normalized spacial score (nSPS) is 15.8. The third-order valence-electron chi connectivity index (χ3n) is 7.17. The minimum atomic E-state index is -0.311. The van der Waals surface area contributed by atoms with Crippen LogP contribution in [0.2, 0.25) is 0 Å². The Hall–Kier alpha value is -3.22. The number of fused-ring (bicyclic) bond motifs is 1. The van der Waals surface area contributed by atoms with E-state index in [1.165, 1.54) is 38.1 Å². The first-order valence-electron chi connectivity index (χ1n) is 13.4. The summed E-state index contributed by atoms with van der Waals surface area (Å²) in [6.45, 7) is 3.71. The minimum Gasteiger partial charge on any atom is -0.303 e. The Morgan fingerprint density at radius 1 is 0.895 bits per heavy atom. The van der Waals surface area contributed by atoms with Gasteiger partial charge in [0.05, 0.1) is 12.2 Å². The second-order valence-corrected chi connectivity index (χ2v) is 11.2. The van der Waals surface area contributed by atoms with Crippen LogP contribution in [0.15, 0.2) is 88.7 Å². The molecule has 3 aromatic rings. The number of amides is 1. The number of anilines is 1. The van der Waals surface area contributed by atoms with Gasteiger partial charge in [-0.3, -0.25) is 9.59 Å². The molecule has 3 aromatic carbocycles. The quantitative estimate of drug-likeness (QED) is 0.209. The predicted molar refractivity (Wildman–Crippen MR) is 152 cm³/mol. The highest BCUT2D eigenvalue weighted by molar-refractivity contribution is 8.03. The number of benzene rings is 3. The molecule has 0 bridgehead atoms. The highest BCUT2D eigenvalue weighted by atomic mass is 32.2. The number of carbonyl (C=O) groups excluding carboxylic acids is 2. The SMILES string of the molecule is O=C(CCCCN1CCCC1)c1ccc2c(c1)N(Cc1ccc(F)cc1)C(=O)C=C(Cc1ccccc1)S2. The molecule has 5 rings (SSSR count). The molecule has 0 atom stereocenters. The molecule has 0 N–H and O–H groups in total. The molecule has 2 heterocycles. The van der Waals surface area contributed by atoms with Crippen LogP contribution in [-0.2, 0) is 17.8 Å². The average molecular weight is 529 g/mol. The van der Waals surface area contributed by atoms with Gasteiger partial charge >= 0.3 is 0 Å². The lowest BCUT2D eigenvalue weighted by atomic mass is 10.0. The number of thioether (sulfide) groups is 1. The first kappa shape index (κ1) is 26.4. The van der Waals surface area contributed by atoms with E-state index in [1.54, 1.807) is 34.9 Å². The Bertz CT molecular complexity index is 1300. The summed E-state index contributed by atoms with van der Waals surface area (Å²) in [5.74, 6) is -0.341. The van der Waals surface area contributed by atoms with Crippen LogP contribution in [0.25, 0.3) is 0 Å². The Balaban J connectivity index is 1.36. The molecule has 2 aliphatic rings. The summed E-state index contributed by atoms with van der Waals surface area (Å²) < 4.78 is 13.5. The molecule has 1 saturated heterocycles. The van der Waals surface area contributed by atoms with E-state index in [2.05, 4.69) is 17.0 Å². The second-order valence-electron chi connectivity index (χ2n) is 10.0. The third kappa shape index (κ3) is 6.80. The predicted octanol–water partition coefficient (Wildman–Crippen LogP) is 7.04. The van der Waals surface area contributed by atoms with Gasteiger partial charge in [-0.15, -0.1) is 0 Å². The van der Waals surface area contributed by atoms with Crippen molar-refractivity contribution in [2.45, 2.75) is 50.0 Å². The maximum absolute atomic E-state index is 13.5. The van der Waals surface area contributed by atoms with Gasteiger partial charge in [0.25, 0.3) is 5.91 Å². The molecule has 0 spiro atoms. The molecule has 1 fully saturated rings. The molecule has 0 aromatic heterocycles. The van der Waals surface area contributed by atoms with Crippen LogP contribution in [0.3, 0.4) is 0 Å². The fraction of sp³-hybridized carbons (Fsp3) is 0.312. The number of ketones is 1. The number of nitrogens with zero attached hydrogens (tertiary/aromatic N) is 2. The van der Waals surface area contributed by atoms with Crippen LogP contribution >= 0.6 is 11.8 Å². The zero-order chi connectivity index (χ0) is 26.3. The molecular weight excluding hydrogens is 495 g/mol. The van der Waals surface area contributed by atoms with Crippen LogP contribution in [0.4, 0.5) is 10.1 Å². The van der Waals surface area contributed by atoms with E-state index in [9.17, 15) is 14.0 Å². The van der Waals surface area contributed by atoms with Gasteiger partial charge in [-0.1, -0.05) is 60.3 Å². The first-order chi connectivity index (χ1) is 18.5. The summed E-state index contributed by atoms with van der Waals surface area (Å²) in [7, 11) is 0. The number of halogens is 1. The zero-order valence-electron chi connectivity index (χ0n) is 21.6. The van der Waals surface area contributed by atoms with Crippen molar-refractivity contribution < 1.29 is 14.0 Å². The number of allylic oxidation sites excluding steroid dienone is 1. The molecule has 196 valence electrons. The van der Waals surface area contributed by atoms with E-state index in [0.29, 0.717) is 24.9 Å². The third-order valence-corrected chi connectivity index (χ3v) is 8.25. The molecule has 38 heavy (non-hydrogen) atoms. The summed E-state index contributed by atoms with van der Waals surface area (Å²) in [6, 6.07) is 22.0. The van der Waals surface area contributed by atoms with Crippen LogP contribution in [-0.4, -0.2) is 36.2 Å². The van der Waals surface area contributed by atoms with Gasteiger partial charge in [0.15, 0.2) is 5.78 Å². The number of unbranched alkanes of at least 4 members (excludes halogenated alkanes) is 1. The van der Waals surface area contributed by atoms with Crippen molar-refractivity contribution in [3.63, 3.8) is 0 Å². The van der Waals surface area contributed by atoms with Crippen LogP contribution in [0.5, 0.6) is 0 Å². The van der Waals surface area contributed by atoms with E-state index in [0.717, 1.165) is 46.0 Å². The van der Waals surface area contributed by atoms with Gasteiger partial charge in [0.2, 0.25) is 0 Å². The molecule has 0 aliphatic carbocycles. The second kappa shape index (κ2) is 12.5. The Morgan fingerprint density at radius 3 is 2.42 bits per heavy atom. The maximum Gasteiger partial charge on any atom is 0.252 e. The number of hydrogen-bond donors (Lipinski definition) is 0. The molecule has 0 radical (unpaired) electrons. The fourth-order valence-electron chi connectivity index (χ4n) is 5.08. The standard InChI is InChI=1S/C32H33FN2O2S/c33-27-14-11-25(12-15-27)23-35-29-21-26(30(36)10-4-5-17-34-18-6-7-19-34)13-16-31(29)38-28(22-32(35)37)20-24-8-2-1-3-9-24/h1-3,8-9,11-16,21-22H,4-7,10,17-20,23H2. The van der Waals surface area contributed by atoms with E-state index in [-0.39, 0.29) is 17.5 Å². The van der Waals surface area contributed by atoms with Gasteiger partial charge in [-0.25, -0.2) is 4.39 Å². The monoisotopic (exact) mass is 528 g/mol. The molecule has 1 amide bonds. The van der Waals surface area contributed by atoms with Crippen molar-refractivity contribution in [2.75, 3.05) is 24.5 Å². The number of carbonyl (C=O) groups is 2. The first-order valence-corrected chi connectivity index (χ1v) is 14.2. The largest absolute Gasteiger partial charge is 0.303 e. The lowest BCUT2D eigenvalue weighted by molar-refractivity contribution is -0.114. The van der Waals surface area contributed by atoms with E-state index < -0.39 is 0 Å². The number of rotatable bonds is 10. The van der Waals surface area contributed by atoms with Gasteiger partial charge in [0, 0.05) is 29.4 Å². The van der Waals surface area contributed by atoms with E-state index in [1.807, 2.05) is 36.4 Å². The van der Waals surface area contributed by atoms with Crippen LogP contribution in [0, 0.1) is 5.82 Å². The highest BCUT2D eigenvalue weighted by Gasteiger charge is 2.25. The zero-order valence-corrected chi connectivity index (χ0v) is 22.4. The molecule has 6 heteroatoms. The molecule has 0 unspecified atom stereocenters. The van der Waals surface area contributed by atoms with Crippen LogP contribution in [0.1, 0.15) is 53.6 Å². The van der Waals surface area contributed by atoms with Crippen molar-refractivity contribution in [1.82, 2.24) is 4.90 Å². The molecule has 4 nitrogen and oxygen atoms in total. The molecule has 2 aliphatic heterocycles. The maximum atomic E-state index is 13.5. The lowest BCUT2D eigenvalue weighted by Crippen LogP contribution is -2.29. The smallest absolute Gasteiger partial charge is 0.252 e. The Labute approximate surface area is 228 Å². The van der Waals surface area contributed by atoms with Crippen molar-refractivity contribution in [1.29, 1.82) is 0 Å². The summed E-state index contributed by atoms with van der Waals surface area (Å²) >= 11 is 1.57. The summed E-state index contributed by atoms with van der Waals surface area (Å²) in [5, 5.41) is 0. The topological polar surface area (TPSA) is 40.6 Å². The summed E-state index contributed by atoms with van der Waals surface area (Å²) in [6.07, 6.45) is 7.29. The average Bonchev–Trinajstić information content (AvgIpc) is 3.41. The van der Waals surface area contributed by atoms with Crippen molar-refractivity contribution in [2.24, 2.45) is 0 Å². The van der Waals surface area contributed by atoms with Crippen molar-refractivity contribution in [3.05, 3.63) is 106 Å². The van der Waals surface area contributed by atoms with Gasteiger partial charge in [-0.2, -0.15) is 0 Å². The number of hydrogen-bond acceptors (Lipinski definition) is 4. The molecule has 0 saturated carbocycles. The van der Waals surface area contributed by atoms with E-state index >= 15 is 0 Å². The van der Waals surface area contributed by atoms with E-state index in [4.69, 9.17) is 0 Å². The Morgan fingerprint density at radius 2 is 1.66 bits per heavy atom. The van der Waals surface area contributed by atoms with Crippen molar-refractivity contribution >= 4 is 29.1 Å². The van der Waals surface area contributed by atoms with Crippen LogP contribution < -0.4 is 4.90 Å². The Kier molecular flexibility index (Phi) is 8.72. The van der Waals surface area contributed by atoms with Crippen molar-refractivity contribution in [3.8, 4) is 0 Å². The molecular formula is C32H33FN2O2S. The van der Waals surface area contributed by atoms with Gasteiger partial charge in [-0.05, 0) is 85.6 Å². The lowest BCUT2D eigenvalue weighted by Gasteiger charge is -2.23.